The zero-order valence-electron chi connectivity index (χ0n) is 7.82. The van der Waals surface area contributed by atoms with Crippen LogP contribution in [0.1, 0.15) is 19.8 Å². The highest BCUT2D eigenvalue weighted by atomic mass is 32.2. The molecule has 3 nitrogen and oxygen atoms in total. The lowest BCUT2D eigenvalue weighted by atomic mass is 10.0. The molecule has 1 unspecified atom stereocenters. The molecule has 0 heterocycles. The molecule has 0 aromatic carbocycles. The van der Waals surface area contributed by atoms with Crippen molar-refractivity contribution >= 4 is 17.9 Å². The average Bonchev–Trinajstić information content (AvgIpc) is 2.95. The lowest BCUT2D eigenvalue weighted by molar-refractivity contribution is -0.121. The van der Waals surface area contributed by atoms with Gasteiger partial charge in [-0.3, -0.25) is 9.52 Å². The van der Waals surface area contributed by atoms with Gasteiger partial charge >= 0.3 is 0 Å². The molecule has 2 atom stereocenters. The van der Waals surface area contributed by atoms with E-state index in [2.05, 4.69) is 11.3 Å². The minimum Gasteiger partial charge on any atom is -0.319 e. The van der Waals surface area contributed by atoms with Crippen LogP contribution in [0.5, 0.6) is 0 Å². The number of carbonyl (C=O) groups excluding carboxylic acids is 1. The summed E-state index contributed by atoms with van der Waals surface area (Å²) < 4.78 is 2.76. The number of hydrogen-bond acceptors (Lipinski definition) is 3. The molecule has 0 bridgehead atoms. The van der Waals surface area contributed by atoms with Gasteiger partial charge in [0.05, 0.1) is 6.04 Å². The lowest BCUT2D eigenvalue weighted by Gasteiger charge is -2.15. The van der Waals surface area contributed by atoms with Crippen molar-refractivity contribution in [1.29, 1.82) is 0 Å². The minimum atomic E-state index is -0.469. The highest BCUT2D eigenvalue weighted by molar-refractivity contribution is 7.98. The first-order valence-electron chi connectivity index (χ1n) is 4.48. The summed E-state index contributed by atoms with van der Waals surface area (Å²) >= 11 is 1.49. The highest BCUT2D eigenvalue weighted by Gasteiger charge is 2.25. The Bertz CT molecular complexity index is 204. The number of hydrogen-bond donors (Lipinski definition) is 2. The van der Waals surface area contributed by atoms with Crippen molar-refractivity contribution in [2.24, 2.45) is 11.7 Å². The van der Waals surface area contributed by atoms with Crippen LogP contribution in [0.3, 0.4) is 0 Å². The van der Waals surface area contributed by atoms with Gasteiger partial charge < -0.3 is 5.73 Å². The van der Waals surface area contributed by atoms with Crippen molar-refractivity contribution in [2.75, 3.05) is 0 Å². The Morgan fingerprint density at radius 3 is 2.85 bits per heavy atom. The molecule has 1 rings (SSSR count). The van der Waals surface area contributed by atoms with Crippen molar-refractivity contribution in [3.8, 4) is 0 Å². The van der Waals surface area contributed by atoms with Crippen molar-refractivity contribution in [3.63, 3.8) is 0 Å². The second-order valence-electron chi connectivity index (χ2n) is 3.40. The van der Waals surface area contributed by atoms with Crippen LogP contribution in [-0.4, -0.2) is 17.2 Å². The van der Waals surface area contributed by atoms with Gasteiger partial charge in [0.2, 0.25) is 5.91 Å². The summed E-state index contributed by atoms with van der Waals surface area (Å²) in [5.41, 5.74) is 5.68. The highest BCUT2D eigenvalue weighted by Crippen LogP contribution is 2.31. The van der Waals surface area contributed by atoms with Crippen molar-refractivity contribution in [3.05, 3.63) is 12.7 Å². The van der Waals surface area contributed by atoms with Gasteiger partial charge in [-0.1, -0.05) is 13.0 Å². The predicted octanol–water partition coefficient (Wildman–Crippen LogP) is 1.06. The van der Waals surface area contributed by atoms with Crippen LogP contribution in [0.15, 0.2) is 12.7 Å². The maximum atomic E-state index is 11.4. The third-order valence-corrected chi connectivity index (χ3v) is 3.22. The van der Waals surface area contributed by atoms with E-state index < -0.39 is 6.04 Å². The molecule has 1 fully saturated rings. The number of amides is 1. The lowest BCUT2D eigenvalue weighted by Crippen LogP contribution is -2.41. The van der Waals surface area contributed by atoms with E-state index in [4.69, 9.17) is 5.73 Å². The molecular formula is C9H16N2OS. The van der Waals surface area contributed by atoms with Crippen LogP contribution >= 0.6 is 11.9 Å². The number of carbonyl (C=O) groups is 1. The molecule has 13 heavy (non-hydrogen) atoms. The van der Waals surface area contributed by atoms with Gasteiger partial charge in [-0.05, 0) is 30.7 Å². The molecule has 1 aliphatic carbocycles. The molecule has 0 saturated heterocycles. The van der Waals surface area contributed by atoms with Crippen LogP contribution in [0.25, 0.3) is 0 Å². The second kappa shape index (κ2) is 4.67. The molecule has 0 radical (unpaired) electrons. The summed E-state index contributed by atoms with van der Waals surface area (Å²) in [7, 11) is 0. The summed E-state index contributed by atoms with van der Waals surface area (Å²) in [6.45, 7) is 5.49. The van der Waals surface area contributed by atoms with E-state index in [9.17, 15) is 4.79 Å². The molecule has 1 saturated carbocycles. The summed E-state index contributed by atoms with van der Waals surface area (Å²) in [5, 5.41) is 0.621. The molecule has 3 N–H and O–H groups in total. The molecule has 4 heteroatoms. The smallest absolute Gasteiger partial charge is 0.247 e. The maximum Gasteiger partial charge on any atom is 0.247 e. The molecule has 74 valence electrons. The van der Waals surface area contributed by atoms with Gasteiger partial charge in [-0.25, -0.2) is 0 Å². The third kappa shape index (κ3) is 3.40. The molecule has 0 aromatic heterocycles. The van der Waals surface area contributed by atoms with Crippen molar-refractivity contribution in [1.82, 2.24) is 4.72 Å². The van der Waals surface area contributed by atoms with E-state index in [1.165, 1.54) is 24.8 Å². The summed E-state index contributed by atoms with van der Waals surface area (Å²) in [6, 6.07) is -0.469. The van der Waals surface area contributed by atoms with E-state index in [1.807, 2.05) is 6.92 Å². The number of rotatable bonds is 5. The Balaban J connectivity index is 2.23. The van der Waals surface area contributed by atoms with Gasteiger partial charge in [-0.2, -0.15) is 0 Å². The van der Waals surface area contributed by atoms with E-state index in [0.29, 0.717) is 5.25 Å². The van der Waals surface area contributed by atoms with Crippen molar-refractivity contribution in [2.45, 2.75) is 31.1 Å². The van der Waals surface area contributed by atoms with Crippen LogP contribution in [0.4, 0.5) is 0 Å². The summed E-state index contributed by atoms with van der Waals surface area (Å²) in [4.78, 5) is 11.4. The van der Waals surface area contributed by atoms with Gasteiger partial charge in [0, 0.05) is 5.25 Å². The maximum absolute atomic E-state index is 11.4. The number of nitrogens with one attached hydrogen (secondary N) is 1. The second-order valence-corrected chi connectivity index (χ2v) is 4.51. The van der Waals surface area contributed by atoms with Crippen LogP contribution in [0.2, 0.25) is 0 Å². The summed E-state index contributed by atoms with van der Waals surface area (Å²) in [6.07, 6.45) is 4.11. The van der Waals surface area contributed by atoms with E-state index in [1.54, 1.807) is 6.08 Å². The van der Waals surface area contributed by atoms with E-state index >= 15 is 0 Å². The van der Waals surface area contributed by atoms with Crippen LogP contribution in [0, 0.1) is 5.92 Å². The van der Waals surface area contributed by atoms with E-state index in [0.717, 1.165) is 0 Å². The molecule has 0 aromatic rings. The molecular weight excluding hydrogens is 184 g/mol. The predicted molar refractivity (Wildman–Crippen MR) is 56.1 cm³/mol. The van der Waals surface area contributed by atoms with Crippen molar-refractivity contribution < 1.29 is 4.79 Å². The fourth-order valence-corrected chi connectivity index (χ4v) is 1.57. The Morgan fingerprint density at radius 2 is 2.38 bits per heavy atom. The van der Waals surface area contributed by atoms with Crippen LogP contribution in [-0.2, 0) is 4.79 Å². The fourth-order valence-electron chi connectivity index (χ4n) is 0.781. The Morgan fingerprint density at radius 1 is 1.77 bits per heavy atom. The monoisotopic (exact) mass is 200 g/mol. The standard InChI is InChI=1S/C9H16N2OS/c1-3-6(2)8(10)9(12)11-13-7-4-5-7/h3,6-8H,1,4-5,10H2,2H3,(H,11,12)/t6-,8?/m0/s1. The minimum absolute atomic E-state index is 0.0276. The Labute approximate surface area is 83.3 Å². The largest absolute Gasteiger partial charge is 0.319 e. The topological polar surface area (TPSA) is 55.1 Å². The van der Waals surface area contributed by atoms with E-state index in [-0.39, 0.29) is 11.8 Å². The molecule has 0 aliphatic heterocycles. The normalized spacial score (nSPS) is 20.5. The third-order valence-electron chi connectivity index (χ3n) is 2.09. The Hall–Kier alpha value is -0.480. The molecule has 1 amide bonds. The molecule has 1 aliphatic rings. The van der Waals surface area contributed by atoms with Gasteiger partial charge in [0.1, 0.15) is 0 Å². The average molecular weight is 200 g/mol. The number of nitrogens with two attached hydrogens (primary N) is 1. The first kappa shape index (κ1) is 10.6. The zero-order valence-corrected chi connectivity index (χ0v) is 8.64. The van der Waals surface area contributed by atoms with Gasteiger partial charge in [0.15, 0.2) is 0 Å². The van der Waals surface area contributed by atoms with Gasteiger partial charge in [-0.15, -0.1) is 6.58 Å². The van der Waals surface area contributed by atoms with Crippen LogP contribution < -0.4 is 10.5 Å². The zero-order chi connectivity index (χ0) is 9.84. The first-order chi connectivity index (χ1) is 6.15. The fraction of sp³-hybridized carbons (Fsp3) is 0.667. The molecule has 0 spiro atoms. The van der Waals surface area contributed by atoms with Gasteiger partial charge in [0.25, 0.3) is 0 Å². The first-order valence-corrected chi connectivity index (χ1v) is 5.36. The Kier molecular flexibility index (Phi) is 3.81. The SMILES string of the molecule is C=C[C@H](C)C(N)C(=O)NSC1CC1. The quantitative estimate of drug-likeness (QED) is 0.515. The summed E-state index contributed by atoms with van der Waals surface area (Å²) in [5.74, 6) is -0.0656.